The minimum absolute atomic E-state index is 0.142. The van der Waals surface area contributed by atoms with Crippen LogP contribution < -0.4 is 5.32 Å². The number of hydrogen-bond acceptors (Lipinski definition) is 4. The molecule has 20 heavy (non-hydrogen) atoms. The molecule has 2 rings (SSSR count). The van der Waals surface area contributed by atoms with Crippen molar-refractivity contribution < 1.29 is 4.79 Å². The Balaban J connectivity index is 2.05. The molecule has 104 valence electrons. The monoisotopic (exact) mass is 287 g/mol. The van der Waals surface area contributed by atoms with Crippen molar-refractivity contribution in [2.75, 3.05) is 6.26 Å². The van der Waals surface area contributed by atoms with Crippen LogP contribution in [-0.2, 0) is 6.54 Å². The molecule has 2 aromatic rings. The van der Waals surface area contributed by atoms with Crippen LogP contribution in [0.15, 0.2) is 35.6 Å². The molecule has 1 N–H and O–H groups in total. The summed E-state index contributed by atoms with van der Waals surface area (Å²) in [5.41, 5.74) is 3.49. The average molecular weight is 287 g/mol. The summed E-state index contributed by atoms with van der Waals surface area (Å²) in [6.07, 6.45) is 3.49. The lowest BCUT2D eigenvalue weighted by molar-refractivity contribution is 0.0949. The van der Waals surface area contributed by atoms with Gasteiger partial charge >= 0.3 is 0 Å². The summed E-state index contributed by atoms with van der Waals surface area (Å²) in [7, 11) is 0. The first kappa shape index (κ1) is 14.5. The Bertz CT molecular complexity index is 628. The number of benzene rings is 1. The number of hydrogen-bond donors (Lipinski definition) is 1. The van der Waals surface area contributed by atoms with E-state index in [0.717, 1.165) is 5.56 Å². The highest BCUT2D eigenvalue weighted by Gasteiger charge is 2.11. The van der Waals surface area contributed by atoms with Crippen molar-refractivity contribution in [1.82, 2.24) is 15.3 Å². The Morgan fingerprint density at radius 2 is 2.15 bits per heavy atom. The van der Waals surface area contributed by atoms with Crippen LogP contribution in [0.25, 0.3) is 0 Å². The average Bonchev–Trinajstić information content (AvgIpc) is 2.44. The Kier molecular flexibility index (Phi) is 4.74. The third-order valence-electron chi connectivity index (χ3n) is 2.92. The molecule has 0 unspecified atom stereocenters. The van der Waals surface area contributed by atoms with Crippen molar-refractivity contribution >= 4 is 17.7 Å². The van der Waals surface area contributed by atoms with Gasteiger partial charge in [0.05, 0.1) is 11.3 Å². The second-order valence-electron chi connectivity index (χ2n) is 4.53. The van der Waals surface area contributed by atoms with Crippen molar-refractivity contribution in [2.45, 2.75) is 25.5 Å². The van der Waals surface area contributed by atoms with Crippen LogP contribution in [0.4, 0.5) is 0 Å². The van der Waals surface area contributed by atoms with Crippen molar-refractivity contribution in [3.8, 4) is 0 Å². The molecule has 1 amide bonds. The minimum Gasteiger partial charge on any atom is -0.348 e. The van der Waals surface area contributed by atoms with Crippen LogP contribution in [0.5, 0.6) is 0 Å². The van der Waals surface area contributed by atoms with Gasteiger partial charge in [-0.2, -0.15) is 0 Å². The molecule has 0 radical (unpaired) electrons. The maximum Gasteiger partial charge on any atom is 0.254 e. The van der Waals surface area contributed by atoms with Crippen LogP contribution in [0.1, 0.15) is 27.2 Å². The van der Waals surface area contributed by atoms with Crippen LogP contribution >= 0.6 is 11.8 Å². The van der Waals surface area contributed by atoms with Crippen LogP contribution in [0.3, 0.4) is 0 Å². The predicted octanol–water partition coefficient (Wildman–Crippen LogP) is 2.75. The van der Waals surface area contributed by atoms with Gasteiger partial charge in [0, 0.05) is 12.7 Å². The van der Waals surface area contributed by atoms with Crippen LogP contribution in [0.2, 0.25) is 0 Å². The normalized spacial score (nSPS) is 10.3. The van der Waals surface area contributed by atoms with Crippen LogP contribution in [0, 0.1) is 13.8 Å². The molecule has 0 aliphatic heterocycles. The van der Waals surface area contributed by atoms with Gasteiger partial charge < -0.3 is 5.32 Å². The van der Waals surface area contributed by atoms with E-state index in [1.54, 1.807) is 6.20 Å². The number of carbonyl (C=O) groups is 1. The zero-order valence-corrected chi connectivity index (χ0v) is 12.6. The number of rotatable bonds is 4. The van der Waals surface area contributed by atoms with Crippen molar-refractivity contribution in [3.05, 3.63) is 52.8 Å². The van der Waals surface area contributed by atoms with Gasteiger partial charge in [0.2, 0.25) is 0 Å². The molecule has 5 heteroatoms. The summed E-state index contributed by atoms with van der Waals surface area (Å²) >= 11 is 1.46. The van der Waals surface area contributed by atoms with E-state index in [4.69, 9.17) is 0 Å². The van der Waals surface area contributed by atoms with E-state index in [1.165, 1.54) is 17.3 Å². The fourth-order valence-corrected chi connectivity index (χ4v) is 2.25. The third kappa shape index (κ3) is 3.57. The van der Waals surface area contributed by atoms with Crippen molar-refractivity contribution in [3.63, 3.8) is 0 Å². The summed E-state index contributed by atoms with van der Waals surface area (Å²) in [6, 6.07) is 8.07. The third-order valence-corrected chi connectivity index (χ3v) is 3.48. The molecule has 0 aliphatic carbocycles. The topological polar surface area (TPSA) is 54.9 Å². The lowest BCUT2D eigenvalue weighted by atomic mass is 10.1. The second-order valence-corrected chi connectivity index (χ2v) is 5.30. The maximum atomic E-state index is 12.1. The molecule has 0 saturated carbocycles. The highest BCUT2D eigenvalue weighted by atomic mass is 32.2. The van der Waals surface area contributed by atoms with Gasteiger partial charge in [-0.3, -0.25) is 4.79 Å². The van der Waals surface area contributed by atoms with Crippen molar-refractivity contribution in [2.24, 2.45) is 0 Å². The number of aryl methyl sites for hydroxylation is 2. The van der Waals surface area contributed by atoms with E-state index < -0.39 is 0 Å². The number of amides is 1. The number of aromatic nitrogens is 2. The van der Waals surface area contributed by atoms with E-state index in [1.807, 2.05) is 38.3 Å². The Morgan fingerprint density at radius 3 is 2.80 bits per heavy atom. The van der Waals surface area contributed by atoms with Gasteiger partial charge in [-0.15, -0.1) is 0 Å². The Hall–Kier alpha value is -1.88. The zero-order valence-electron chi connectivity index (χ0n) is 11.8. The largest absolute Gasteiger partial charge is 0.348 e. The van der Waals surface area contributed by atoms with E-state index in [-0.39, 0.29) is 5.91 Å². The van der Waals surface area contributed by atoms with Gasteiger partial charge in [-0.25, -0.2) is 9.97 Å². The van der Waals surface area contributed by atoms with E-state index >= 15 is 0 Å². The molecule has 0 saturated heterocycles. The summed E-state index contributed by atoms with van der Waals surface area (Å²) in [6.45, 7) is 4.36. The smallest absolute Gasteiger partial charge is 0.254 e. The SMILES string of the molecule is CSc1ncc(C(=O)NCc2cccc(C)c2)c(C)n1. The molecule has 1 aromatic heterocycles. The first-order valence-electron chi connectivity index (χ1n) is 6.31. The predicted molar refractivity (Wildman–Crippen MR) is 80.9 cm³/mol. The molecule has 0 atom stereocenters. The number of carbonyl (C=O) groups excluding carboxylic acids is 1. The maximum absolute atomic E-state index is 12.1. The number of nitrogens with one attached hydrogen (secondary N) is 1. The summed E-state index contributed by atoms with van der Waals surface area (Å²) in [5.74, 6) is -0.142. The lowest BCUT2D eigenvalue weighted by Gasteiger charge is -2.08. The first-order valence-corrected chi connectivity index (χ1v) is 7.54. The minimum atomic E-state index is -0.142. The van der Waals surface area contributed by atoms with Gasteiger partial charge in [-0.1, -0.05) is 41.6 Å². The summed E-state index contributed by atoms with van der Waals surface area (Å²) in [5, 5.41) is 3.57. The standard InChI is InChI=1S/C15H17N3OS/c1-10-5-4-6-12(7-10)8-16-14(19)13-9-17-15(20-3)18-11(13)2/h4-7,9H,8H2,1-3H3,(H,16,19). The molecule has 0 fully saturated rings. The highest BCUT2D eigenvalue weighted by molar-refractivity contribution is 7.98. The van der Waals surface area contributed by atoms with E-state index in [0.29, 0.717) is 23.0 Å². The Labute approximate surface area is 123 Å². The molecular formula is C15H17N3OS. The summed E-state index contributed by atoms with van der Waals surface area (Å²) in [4.78, 5) is 20.5. The fourth-order valence-electron chi connectivity index (χ4n) is 1.87. The van der Waals surface area contributed by atoms with Gasteiger partial charge in [0.1, 0.15) is 0 Å². The summed E-state index contributed by atoms with van der Waals surface area (Å²) < 4.78 is 0. The van der Waals surface area contributed by atoms with Gasteiger partial charge in [-0.05, 0) is 25.7 Å². The molecular weight excluding hydrogens is 270 g/mol. The number of thioether (sulfide) groups is 1. The first-order chi connectivity index (χ1) is 9.60. The quantitative estimate of drug-likeness (QED) is 0.694. The lowest BCUT2D eigenvalue weighted by Crippen LogP contribution is -2.24. The fraction of sp³-hybridized carbons (Fsp3) is 0.267. The zero-order chi connectivity index (χ0) is 14.5. The molecule has 1 heterocycles. The van der Waals surface area contributed by atoms with Gasteiger partial charge in [0.15, 0.2) is 5.16 Å². The van der Waals surface area contributed by atoms with E-state index in [2.05, 4.69) is 21.4 Å². The Morgan fingerprint density at radius 1 is 1.35 bits per heavy atom. The molecule has 4 nitrogen and oxygen atoms in total. The highest BCUT2D eigenvalue weighted by Crippen LogP contribution is 2.11. The number of nitrogens with zero attached hydrogens (tertiary/aromatic N) is 2. The molecule has 0 spiro atoms. The van der Waals surface area contributed by atoms with E-state index in [9.17, 15) is 4.79 Å². The molecule has 0 aliphatic rings. The van der Waals surface area contributed by atoms with Crippen molar-refractivity contribution in [1.29, 1.82) is 0 Å². The second kappa shape index (κ2) is 6.52. The van der Waals surface area contributed by atoms with Crippen LogP contribution in [-0.4, -0.2) is 22.1 Å². The molecule has 1 aromatic carbocycles. The molecule has 0 bridgehead atoms. The van der Waals surface area contributed by atoms with Gasteiger partial charge in [0.25, 0.3) is 5.91 Å².